The van der Waals surface area contributed by atoms with Gasteiger partial charge in [0, 0.05) is 18.1 Å². The van der Waals surface area contributed by atoms with Gasteiger partial charge in [0.1, 0.15) is 0 Å². The van der Waals surface area contributed by atoms with Crippen LogP contribution in [0, 0.1) is 0 Å². The maximum absolute atomic E-state index is 10.7. The summed E-state index contributed by atoms with van der Waals surface area (Å²) in [5.41, 5.74) is 0.976. The van der Waals surface area contributed by atoms with E-state index in [2.05, 4.69) is 31.2 Å². The molecule has 0 unspecified atom stereocenters. The van der Waals surface area contributed by atoms with E-state index in [0.717, 1.165) is 10.2 Å². The molecule has 5 nitrogen and oxygen atoms in total. The summed E-state index contributed by atoms with van der Waals surface area (Å²) in [4.78, 5) is 18.7. The van der Waals surface area contributed by atoms with Crippen molar-refractivity contribution in [3.05, 3.63) is 46.7 Å². The third-order valence-corrected chi connectivity index (χ3v) is 2.42. The van der Waals surface area contributed by atoms with E-state index >= 15 is 0 Å². The van der Waals surface area contributed by atoms with Gasteiger partial charge in [-0.25, -0.2) is 14.8 Å². The van der Waals surface area contributed by atoms with Crippen LogP contribution < -0.4 is 5.32 Å². The number of carbonyl (C=O) groups is 1. The Labute approximate surface area is 106 Å². The molecule has 0 bridgehead atoms. The molecule has 0 radical (unpaired) electrons. The van der Waals surface area contributed by atoms with Crippen LogP contribution in [-0.4, -0.2) is 21.0 Å². The molecule has 0 spiro atoms. The number of aromatic nitrogens is 2. The number of benzene rings is 1. The van der Waals surface area contributed by atoms with Gasteiger partial charge in [0.15, 0.2) is 0 Å². The first kappa shape index (κ1) is 11.5. The van der Waals surface area contributed by atoms with Gasteiger partial charge in [-0.3, -0.25) is 0 Å². The highest BCUT2D eigenvalue weighted by Crippen LogP contribution is 2.14. The molecule has 0 aliphatic heterocycles. The number of aromatic carboxylic acids is 1. The fourth-order valence-electron chi connectivity index (χ4n) is 1.20. The normalized spacial score (nSPS) is 9.94. The van der Waals surface area contributed by atoms with E-state index in [0.29, 0.717) is 5.95 Å². The van der Waals surface area contributed by atoms with Crippen LogP contribution in [0.3, 0.4) is 0 Å². The molecule has 2 N–H and O–H groups in total. The molecule has 0 fully saturated rings. The van der Waals surface area contributed by atoms with E-state index < -0.39 is 5.97 Å². The Balaban J connectivity index is 2.13. The van der Waals surface area contributed by atoms with Crippen molar-refractivity contribution in [1.82, 2.24) is 9.97 Å². The first-order chi connectivity index (χ1) is 8.15. The number of carboxylic acids is 1. The molecule has 1 aromatic heterocycles. The van der Waals surface area contributed by atoms with Gasteiger partial charge in [-0.15, -0.1) is 0 Å². The Kier molecular flexibility index (Phi) is 3.34. The molecule has 17 heavy (non-hydrogen) atoms. The van der Waals surface area contributed by atoms with E-state index in [1.165, 1.54) is 12.1 Å². The first-order valence-corrected chi connectivity index (χ1v) is 5.52. The maximum Gasteiger partial charge on any atom is 0.335 e. The van der Waals surface area contributed by atoms with E-state index in [9.17, 15) is 4.79 Å². The van der Waals surface area contributed by atoms with Crippen LogP contribution in [0.15, 0.2) is 41.1 Å². The van der Waals surface area contributed by atoms with Crippen molar-refractivity contribution < 1.29 is 9.90 Å². The number of hydrogen-bond donors (Lipinski definition) is 2. The molecule has 1 heterocycles. The first-order valence-electron chi connectivity index (χ1n) is 4.73. The van der Waals surface area contributed by atoms with Crippen molar-refractivity contribution >= 4 is 33.5 Å². The van der Waals surface area contributed by atoms with Gasteiger partial charge in [-0.1, -0.05) is 0 Å². The summed E-state index contributed by atoms with van der Waals surface area (Å²) in [7, 11) is 0. The third kappa shape index (κ3) is 3.01. The van der Waals surface area contributed by atoms with Crippen LogP contribution in [0.1, 0.15) is 10.4 Å². The van der Waals surface area contributed by atoms with Gasteiger partial charge in [0.05, 0.1) is 10.0 Å². The molecule has 2 aromatic rings. The zero-order chi connectivity index (χ0) is 12.3. The second-order valence-electron chi connectivity index (χ2n) is 3.23. The van der Waals surface area contributed by atoms with Gasteiger partial charge in [0.2, 0.25) is 5.95 Å². The van der Waals surface area contributed by atoms with Gasteiger partial charge >= 0.3 is 5.97 Å². The van der Waals surface area contributed by atoms with E-state index in [1.54, 1.807) is 24.5 Å². The molecule has 0 saturated heterocycles. The van der Waals surface area contributed by atoms with Crippen LogP contribution in [0.2, 0.25) is 0 Å². The van der Waals surface area contributed by atoms with E-state index in [-0.39, 0.29) is 5.56 Å². The third-order valence-electron chi connectivity index (χ3n) is 2.01. The molecule has 6 heteroatoms. The van der Waals surface area contributed by atoms with Crippen LogP contribution in [0.5, 0.6) is 0 Å². The molecule has 2 rings (SSSR count). The van der Waals surface area contributed by atoms with Crippen LogP contribution in [0.25, 0.3) is 0 Å². The van der Waals surface area contributed by atoms with Crippen molar-refractivity contribution in [2.75, 3.05) is 5.32 Å². The quantitative estimate of drug-likeness (QED) is 0.910. The Morgan fingerprint density at radius 2 is 1.76 bits per heavy atom. The molecule has 0 aliphatic rings. The largest absolute Gasteiger partial charge is 0.478 e. The number of nitrogens with one attached hydrogen (secondary N) is 1. The van der Waals surface area contributed by atoms with Crippen LogP contribution >= 0.6 is 15.9 Å². The topological polar surface area (TPSA) is 75.1 Å². The lowest BCUT2D eigenvalue weighted by Gasteiger charge is -2.04. The van der Waals surface area contributed by atoms with Crippen molar-refractivity contribution in [3.8, 4) is 0 Å². The highest BCUT2D eigenvalue weighted by molar-refractivity contribution is 9.10. The number of rotatable bonds is 3. The van der Waals surface area contributed by atoms with Crippen molar-refractivity contribution in [2.24, 2.45) is 0 Å². The van der Waals surface area contributed by atoms with Crippen LogP contribution in [0.4, 0.5) is 11.6 Å². The minimum atomic E-state index is -0.948. The molecule has 1 aromatic carbocycles. The fraction of sp³-hybridized carbons (Fsp3) is 0. The summed E-state index contributed by atoms with van der Waals surface area (Å²) >= 11 is 3.24. The molecule has 0 saturated carbocycles. The summed E-state index contributed by atoms with van der Waals surface area (Å²) < 4.78 is 0.796. The number of nitrogens with zero attached hydrogens (tertiary/aromatic N) is 2. The Morgan fingerprint density at radius 3 is 2.29 bits per heavy atom. The standard InChI is InChI=1S/C11H8BrN3O2/c12-8-5-13-11(14-6-8)15-9-3-1-7(2-4-9)10(16)17/h1-6H,(H,16,17)(H,13,14,15). The minimum absolute atomic E-state index is 0.243. The van der Waals surface area contributed by atoms with Crippen LogP contribution in [-0.2, 0) is 0 Å². The summed E-state index contributed by atoms with van der Waals surface area (Å²) in [6, 6.07) is 6.36. The highest BCUT2D eigenvalue weighted by Gasteiger charge is 2.02. The number of halogens is 1. The average Bonchev–Trinajstić information content (AvgIpc) is 2.33. The lowest BCUT2D eigenvalue weighted by atomic mass is 10.2. The van der Waals surface area contributed by atoms with Crippen molar-refractivity contribution in [1.29, 1.82) is 0 Å². The molecular formula is C11H8BrN3O2. The highest BCUT2D eigenvalue weighted by atomic mass is 79.9. The Morgan fingerprint density at radius 1 is 1.18 bits per heavy atom. The Bertz CT molecular complexity index is 525. The van der Waals surface area contributed by atoms with E-state index in [1.807, 2.05) is 0 Å². The lowest BCUT2D eigenvalue weighted by Crippen LogP contribution is -1.98. The fourth-order valence-corrected chi connectivity index (χ4v) is 1.41. The molecule has 0 atom stereocenters. The van der Waals surface area contributed by atoms with Gasteiger partial charge in [-0.2, -0.15) is 0 Å². The summed E-state index contributed by atoms with van der Waals surface area (Å²) in [5.74, 6) is -0.493. The summed E-state index contributed by atoms with van der Waals surface area (Å²) in [6.45, 7) is 0. The van der Waals surface area contributed by atoms with Gasteiger partial charge < -0.3 is 10.4 Å². The maximum atomic E-state index is 10.7. The molecule has 0 aliphatic carbocycles. The second-order valence-corrected chi connectivity index (χ2v) is 4.15. The lowest BCUT2D eigenvalue weighted by molar-refractivity contribution is 0.0697. The smallest absolute Gasteiger partial charge is 0.335 e. The summed E-state index contributed by atoms with van der Waals surface area (Å²) in [5, 5.41) is 11.7. The molecular weight excluding hydrogens is 286 g/mol. The predicted molar refractivity (Wildman–Crippen MR) is 66.4 cm³/mol. The number of anilines is 2. The zero-order valence-corrected chi connectivity index (χ0v) is 10.2. The van der Waals surface area contributed by atoms with Gasteiger partial charge in [-0.05, 0) is 40.2 Å². The Hall–Kier alpha value is -1.95. The number of carboxylic acid groups (broad SMARTS) is 1. The molecule has 86 valence electrons. The SMILES string of the molecule is O=C(O)c1ccc(Nc2ncc(Br)cn2)cc1. The summed E-state index contributed by atoms with van der Waals surface area (Å²) in [6.07, 6.45) is 3.25. The average molecular weight is 294 g/mol. The predicted octanol–water partition coefficient (Wildman–Crippen LogP) is 2.68. The molecule has 0 amide bonds. The second kappa shape index (κ2) is 4.92. The number of hydrogen-bond acceptors (Lipinski definition) is 4. The van der Waals surface area contributed by atoms with Gasteiger partial charge in [0.25, 0.3) is 0 Å². The van der Waals surface area contributed by atoms with Crippen molar-refractivity contribution in [3.63, 3.8) is 0 Å². The van der Waals surface area contributed by atoms with E-state index in [4.69, 9.17) is 5.11 Å². The zero-order valence-electron chi connectivity index (χ0n) is 8.59. The monoisotopic (exact) mass is 293 g/mol. The van der Waals surface area contributed by atoms with Crippen molar-refractivity contribution in [2.45, 2.75) is 0 Å². The minimum Gasteiger partial charge on any atom is -0.478 e.